The highest BCUT2D eigenvalue weighted by Gasteiger charge is 2.16. The molecule has 0 aromatic carbocycles. The summed E-state index contributed by atoms with van der Waals surface area (Å²) in [5.74, 6) is 0.412. The maximum Gasteiger partial charge on any atom is 0.305 e. The summed E-state index contributed by atoms with van der Waals surface area (Å²) >= 11 is 0. The molecular formula is C8H15NO2. The molecule has 0 aromatic rings. The molecule has 0 bridgehead atoms. The number of carbonyl (C=O) groups excluding carboxylic acids is 1. The van der Waals surface area contributed by atoms with Crippen molar-refractivity contribution in [3.05, 3.63) is 0 Å². The van der Waals surface area contributed by atoms with Gasteiger partial charge in [-0.05, 0) is 31.8 Å². The Morgan fingerprint density at radius 2 is 2.55 bits per heavy atom. The molecule has 1 aliphatic rings. The van der Waals surface area contributed by atoms with E-state index in [0.29, 0.717) is 12.3 Å². The molecule has 0 aliphatic carbocycles. The van der Waals surface area contributed by atoms with Crippen LogP contribution in [0.2, 0.25) is 0 Å². The fourth-order valence-electron chi connectivity index (χ4n) is 1.42. The van der Waals surface area contributed by atoms with Crippen molar-refractivity contribution in [2.45, 2.75) is 19.3 Å². The molecule has 0 radical (unpaired) electrons. The molecule has 1 atom stereocenters. The molecular weight excluding hydrogens is 142 g/mol. The van der Waals surface area contributed by atoms with E-state index in [-0.39, 0.29) is 5.97 Å². The van der Waals surface area contributed by atoms with Crippen LogP contribution in [-0.4, -0.2) is 26.2 Å². The van der Waals surface area contributed by atoms with Crippen LogP contribution in [0.3, 0.4) is 0 Å². The molecule has 1 heterocycles. The zero-order valence-electron chi connectivity index (χ0n) is 6.93. The standard InChI is InChI=1S/C8H15NO2/c1-11-8(10)5-7-3-2-4-9-6-7/h7,9H,2-6H2,1H3/t7-/m1/s1. The van der Waals surface area contributed by atoms with E-state index in [1.807, 2.05) is 0 Å². The zero-order chi connectivity index (χ0) is 8.10. The van der Waals surface area contributed by atoms with Crippen LogP contribution >= 0.6 is 0 Å². The van der Waals surface area contributed by atoms with Gasteiger partial charge < -0.3 is 10.1 Å². The number of ether oxygens (including phenoxy) is 1. The van der Waals surface area contributed by atoms with Gasteiger partial charge in [0.15, 0.2) is 0 Å². The smallest absolute Gasteiger partial charge is 0.305 e. The quantitative estimate of drug-likeness (QED) is 0.595. The lowest BCUT2D eigenvalue weighted by molar-refractivity contribution is -0.141. The normalized spacial score (nSPS) is 24.6. The SMILES string of the molecule is COC(=O)C[C@H]1CCCNC1. The van der Waals surface area contributed by atoms with Crippen molar-refractivity contribution in [1.82, 2.24) is 5.32 Å². The molecule has 0 unspecified atom stereocenters. The molecule has 1 saturated heterocycles. The Morgan fingerprint density at radius 1 is 1.73 bits per heavy atom. The molecule has 0 amide bonds. The van der Waals surface area contributed by atoms with E-state index in [0.717, 1.165) is 19.5 Å². The van der Waals surface area contributed by atoms with Crippen LogP contribution in [0.1, 0.15) is 19.3 Å². The molecule has 1 rings (SSSR count). The number of carbonyl (C=O) groups is 1. The summed E-state index contributed by atoms with van der Waals surface area (Å²) in [7, 11) is 1.44. The van der Waals surface area contributed by atoms with Gasteiger partial charge in [-0.15, -0.1) is 0 Å². The molecule has 1 N–H and O–H groups in total. The van der Waals surface area contributed by atoms with E-state index in [9.17, 15) is 4.79 Å². The van der Waals surface area contributed by atoms with Gasteiger partial charge in [0, 0.05) is 6.42 Å². The summed E-state index contributed by atoms with van der Waals surface area (Å²) in [6, 6.07) is 0. The number of hydrogen-bond acceptors (Lipinski definition) is 3. The van der Waals surface area contributed by atoms with Crippen LogP contribution in [0.4, 0.5) is 0 Å². The van der Waals surface area contributed by atoms with Crippen molar-refractivity contribution in [1.29, 1.82) is 0 Å². The van der Waals surface area contributed by atoms with Gasteiger partial charge in [0.1, 0.15) is 0 Å². The summed E-state index contributed by atoms with van der Waals surface area (Å²) in [6.45, 7) is 2.06. The fourth-order valence-corrected chi connectivity index (χ4v) is 1.42. The number of hydrogen-bond donors (Lipinski definition) is 1. The van der Waals surface area contributed by atoms with Gasteiger partial charge in [-0.1, -0.05) is 0 Å². The summed E-state index contributed by atoms with van der Waals surface area (Å²) < 4.78 is 4.59. The number of methoxy groups -OCH3 is 1. The topological polar surface area (TPSA) is 38.3 Å². The molecule has 0 spiro atoms. The van der Waals surface area contributed by atoms with Crippen LogP contribution in [0.5, 0.6) is 0 Å². The Bertz CT molecular complexity index is 130. The van der Waals surface area contributed by atoms with Crippen molar-refractivity contribution in [3.63, 3.8) is 0 Å². The van der Waals surface area contributed by atoms with Crippen LogP contribution in [-0.2, 0) is 9.53 Å². The van der Waals surface area contributed by atoms with E-state index < -0.39 is 0 Å². The van der Waals surface area contributed by atoms with E-state index in [4.69, 9.17) is 0 Å². The van der Waals surface area contributed by atoms with Gasteiger partial charge in [-0.25, -0.2) is 0 Å². The zero-order valence-corrected chi connectivity index (χ0v) is 6.93. The Morgan fingerprint density at radius 3 is 3.09 bits per heavy atom. The Balaban J connectivity index is 2.19. The second-order valence-corrected chi connectivity index (χ2v) is 2.99. The Labute approximate surface area is 67.1 Å². The first-order valence-electron chi connectivity index (χ1n) is 4.10. The third kappa shape index (κ3) is 2.89. The van der Waals surface area contributed by atoms with Gasteiger partial charge >= 0.3 is 5.97 Å². The predicted molar refractivity (Wildman–Crippen MR) is 42.2 cm³/mol. The molecule has 1 fully saturated rings. The minimum atomic E-state index is -0.0845. The van der Waals surface area contributed by atoms with Gasteiger partial charge in [0.05, 0.1) is 7.11 Å². The molecule has 3 nitrogen and oxygen atoms in total. The predicted octanol–water partition coefficient (Wildman–Crippen LogP) is 0.549. The first-order valence-corrected chi connectivity index (χ1v) is 4.10. The monoisotopic (exact) mass is 157 g/mol. The molecule has 0 saturated carbocycles. The van der Waals surface area contributed by atoms with Crippen molar-refractivity contribution in [3.8, 4) is 0 Å². The lowest BCUT2D eigenvalue weighted by Gasteiger charge is -2.21. The lowest BCUT2D eigenvalue weighted by atomic mass is 9.96. The Hall–Kier alpha value is -0.570. The number of rotatable bonds is 2. The highest BCUT2D eigenvalue weighted by molar-refractivity contribution is 5.69. The van der Waals surface area contributed by atoms with E-state index in [1.54, 1.807) is 0 Å². The molecule has 1 aliphatic heterocycles. The van der Waals surface area contributed by atoms with E-state index in [1.165, 1.54) is 13.5 Å². The first kappa shape index (κ1) is 8.53. The molecule has 11 heavy (non-hydrogen) atoms. The van der Waals surface area contributed by atoms with Crippen molar-refractivity contribution in [2.75, 3.05) is 20.2 Å². The van der Waals surface area contributed by atoms with E-state index in [2.05, 4.69) is 10.1 Å². The second kappa shape index (κ2) is 4.34. The largest absolute Gasteiger partial charge is 0.469 e. The number of esters is 1. The minimum Gasteiger partial charge on any atom is -0.469 e. The van der Waals surface area contributed by atoms with Gasteiger partial charge in [-0.2, -0.15) is 0 Å². The Kier molecular flexibility index (Phi) is 3.36. The molecule has 0 aromatic heterocycles. The van der Waals surface area contributed by atoms with Gasteiger partial charge in [0.2, 0.25) is 0 Å². The summed E-state index contributed by atoms with van der Waals surface area (Å²) in [5.41, 5.74) is 0. The summed E-state index contributed by atoms with van der Waals surface area (Å²) in [5, 5.41) is 3.26. The number of nitrogens with one attached hydrogen (secondary N) is 1. The maximum atomic E-state index is 10.8. The van der Waals surface area contributed by atoms with Crippen LogP contribution in [0.25, 0.3) is 0 Å². The fraction of sp³-hybridized carbons (Fsp3) is 0.875. The highest BCUT2D eigenvalue weighted by Crippen LogP contribution is 2.13. The average molecular weight is 157 g/mol. The third-order valence-electron chi connectivity index (χ3n) is 2.08. The lowest BCUT2D eigenvalue weighted by Crippen LogP contribution is -2.31. The minimum absolute atomic E-state index is 0.0845. The maximum absolute atomic E-state index is 10.8. The van der Waals surface area contributed by atoms with Crippen molar-refractivity contribution >= 4 is 5.97 Å². The molecule has 3 heteroatoms. The summed E-state index contributed by atoms with van der Waals surface area (Å²) in [4.78, 5) is 10.8. The van der Waals surface area contributed by atoms with Crippen molar-refractivity contribution in [2.24, 2.45) is 5.92 Å². The third-order valence-corrected chi connectivity index (χ3v) is 2.08. The molecule has 64 valence electrons. The van der Waals surface area contributed by atoms with Gasteiger partial charge in [-0.3, -0.25) is 4.79 Å². The average Bonchev–Trinajstić information content (AvgIpc) is 2.06. The van der Waals surface area contributed by atoms with Crippen molar-refractivity contribution < 1.29 is 9.53 Å². The van der Waals surface area contributed by atoms with Crippen LogP contribution in [0, 0.1) is 5.92 Å². The highest BCUT2D eigenvalue weighted by atomic mass is 16.5. The van der Waals surface area contributed by atoms with E-state index >= 15 is 0 Å². The first-order chi connectivity index (χ1) is 5.33. The number of piperidine rings is 1. The second-order valence-electron chi connectivity index (χ2n) is 2.99. The van der Waals surface area contributed by atoms with Crippen LogP contribution in [0.15, 0.2) is 0 Å². The van der Waals surface area contributed by atoms with Crippen LogP contribution < -0.4 is 5.32 Å². The van der Waals surface area contributed by atoms with Gasteiger partial charge in [0.25, 0.3) is 0 Å². The summed E-state index contributed by atoms with van der Waals surface area (Å²) in [6.07, 6.45) is 2.91.